The van der Waals surface area contributed by atoms with Gasteiger partial charge in [-0.15, -0.1) is 0 Å². The zero-order valence-corrected chi connectivity index (χ0v) is 15.9. The maximum Gasteiger partial charge on any atom is 0.202 e. The number of hydrogen-bond donors (Lipinski definition) is 0. The van der Waals surface area contributed by atoms with Crippen molar-refractivity contribution in [1.29, 1.82) is 0 Å². The number of allylic oxidation sites excluding steroid dienone is 2. The SMILES string of the molecule is CCCCCCCCCCCS(=O)C1=CC(=O)c2ccccc2C1=O. The minimum atomic E-state index is -1.39. The third-order valence-corrected chi connectivity index (χ3v) is 6.05. The third kappa shape index (κ3) is 5.74. The molecule has 0 saturated carbocycles. The molecule has 136 valence electrons. The van der Waals surface area contributed by atoms with Gasteiger partial charge in [0.05, 0.1) is 15.7 Å². The van der Waals surface area contributed by atoms with E-state index in [4.69, 9.17) is 0 Å². The predicted molar refractivity (Wildman–Crippen MR) is 103 cm³/mol. The Hall–Kier alpha value is -1.55. The van der Waals surface area contributed by atoms with Crippen molar-refractivity contribution in [3.05, 3.63) is 46.4 Å². The number of benzene rings is 1. The zero-order valence-electron chi connectivity index (χ0n) is 15.1. The van der Waals surface area contributed by atoms with Crippen LogP contribution in [0.2, 0.25) is 0 Å². The molecule has 0 fully saturated rings. The van der Waals surface area contributed by atoms with Crippen LogP contribution in [0, 0.1) is 0 Å². The van der Waals surface area contributed by atoms with Gasteiger partial charge in [-0.2, -0.15) is 0 Å². The van der Waals surface area contributed by atoms with Crippen LogP contribution in [-0.4, -0.2) is 21.5 Å². The Bertz CT molecular complexity index is 661. The Balaban J connectivity index is 1.73. The number of carbonyl (C=O) groups is 2. The van der Waals surface area contributed by atoms with Crippen LogP contribution in [0.5, 0.6) is 0 Å². The highest BCUT2D eigenvalue weighted by atomic mass is 32.2. The van der Waals surface area contributed by atoms with E-state index in [1.165, 1.54) is 44.6 Å². The van der Waals surface area contributed by atoms with Gasteiger partial charge < -0.3 is 0 Å². The first kappa shape index (κ1) is 19.8. The molecule has 3 nitrogen and oxygen atoms in total. The molecular weight excluding hydrogens is 332 g/mol. The van der Waals surface area contributed by atoms with E-state index in [2.05, 4.69) is 6.92 Å². The lowest BCUT2D eigenvalue weighted by Crippen LogP contribution is -2.20. The lowest BCUT2D eigenvalue weighted by atomic mass is 9.95. The molecule has 2 rings (SSSR count). The van der Waals surface area contributed by atoms with Gasteiger partial charge in [-0.05, 0) is 6.42 Å². The zero-order chi connectivity index (χ0) is 18.1. The van der Waals surface area contributed by atoms with Crippen LogP contribution in [0.15, 0.2) is 35.2 Å². The fourth-order valence-corrected chi connectivity index (χ4v) is 4.36. The predicted octanol–water partition coefficient (Wildman–Crippen LogP) is 5.23. The molecule has 0 heterocycles. The lowest BCUT2D eigenvalue weighted by molar-refractivity contribution is 0.0990. The number of Topliss-reactive ketones (excluding diaryl/α,β-unsaturated/α-hetero) is 1. The normalized spacial score (nSPS) is 15.0. The number of carbonyl (C=O) groups excluding carboxylic acids is 2. The molecule has 0 aromatic heterocycles. The Kier molecular flexibility index (Phi) is 8.26. The van der Waals surface area contributed by atoms with E-state index in [0.717, 1.165) is 19.3 Å². The molecular formula is C21H28O3S. The first-order valence-electron chi connectivity index (χ1n) is 9.43. The molecule has 1 atom stereocenters. The highest BCUT2D eigenvalue weighted by Gasteiger charge is 2.28. The van der Waals surface area contributed by atoms with Gasteiger partial charge in [-0.3, -0.25) is 13.8 Å². The minimum absolute atomic E-state index is 0.170. The van der Waals surface area contributed by atoms with E-state index >= 15 is 0 Å². The van der Waals surface area contributed by atoms with Crippen LogP contribution in [0.4, 0.5) is 0 Å². The summed E-state index contributed by atoms with van der Waals surface area (Å²) in [5, 5.41) is 0. The summed E-state index contributed by atoms with van der Waals surface area (Å²) in [5.74, 6) is -0.0156. The number of rotatable bonds is 11. The maximum atomic E-state index is 12.5. The Morgan fingerprint density at radius 3 is 2.00 bits per heavy atom. The molecule has 1 unspecified atom stereocenters. The van der Waals surface area contributed by atoms with Crippen LogP contribution >= 0.6 is 0 Å². The molecule has 0 amide bonds. The van der Waals surface area contributed by atoms with E-state index in [1.807, 2.05) is 0 Å². The smallest absolute Gasteiger partial charge is 0.202 e. The minimum Gasteiger partial charge on any atom is -0.289 e. The van der Waals surface area contributed by atoms with E-state index in [-0.39, 0.29) is 16.5 Å². The van der Waals surface area contributed by atoms with Crippen LogP contribution < -0.4 is 0 Å². The molecule has 0 saturated heterocycles. The molecule has 0 radical (unpaired) electrons. The monoisotopic (exact) mass is 360 g/mol. The van der Waals surface area contributed by atoms with E-state index < -0.39 is 10.8 Å². The van der Waals surface area contributed by atoms with Gasteiger partial charge in [-0.1, -0.05) is 82.6 Å². The van der Waals surface area contributed by atoms with Gasteiger partial charge in [0.1, 0.15) is 0 Å². The van der Waals surface area contributed by atoms with E-state index in [0.29, 0.717) is 16.9 Å². The Morgan fingerprint density at radius 1 is 0.800 bits per heavy atom. The molecule has 4 heteroatoms. The molecule has 0 N–H and O–H groups in total. The van der Waals surface area contributed by atoms with Crippen molar-refractivity contribution in [2.75, 3.05) is 5.75 Å². The van der Waals surface area contributed by atoms with Crippen molar-refractivity contribution in [1.82, 2.24) is 0 Å². The van der Waals surface area contributed by atoms with Crippen molar-refractivity contribution in [3.8, 4) is 0 Å². The highest BCUT2D eigenvalue weighted by molar-refractivity contribution is 7.90. The summed E-state index contributed by atoms with van der Waals surface area (Å²) < 4.78 is 12.4. The van der Waals surface area contributed by atoms with Gasteiger partial charge in [0.2, 0.25) is 5.78 Å². The number of hydrogen-bond acceptors (Lipinski definition) is 3. The van der Waals surface area contributed by atoms with Crippen molar-refractivity contribution < 1.29 is 13.8 Å². The van der Waals surface area contributed by atoms with Crippen molar-refractivity contribution in [2.45, 2.75) is 64.7 Å². The molecule has 1 aliphatic carbocycles. The summed E-state index contributed by atoms with van der Waals surface area (Å²) in [6, 6.07) is 6.75. The largest absolute Gasteiger partial charge is 0.289 e. The van der Waals surface area contributed by atoms with Crippen LogP contribution in [0.25, 0.3) is 0 Å². The van der Waals surface area contributed by atoms with Crippen molar-refractivity contribution in [2.24, 2.45) is 0 Å². The number of fused-ring (bicyclic) bond motifs is 1. The van der Waals surface area contributed by atoms with Gasteiger partial charge in [0.15, 0.2) is 5.78 Å². The second kappa shape index (κ2) is 10.4. The van der Waals surface area contributed by atoms with Crippen molar-refractivity contribution >= 4 is 22.4 Å². The standard InChI is InChI=1S/C21H28O3S/c1-2-3-4-5-6-7-8-9-12-15-25(24)20-16-19(22)17-13-10-11-14-18(17)21(20)23/h10-11,13-14,16H,2-9,12,15H2,1H3. The quantitative estimate of drug-likeness (QED) is 0.508. The highest BCUT2D eigenvalue weighted by Crippen LogP contribution is 2.23. The summed E-state index contributed by atoms with van der Waals surface area (Å²) in [5.41, 5.74) is 0.793. The molecule has 1 aromatic carbocycles. The van der Waals surface area contributed by atoms with Crippen LogP contribution in [0.1, 0.15) is 85.4 Å². The van der Waals surface area contributed by atoms with E-state index in [1.54, 1.807) is 24.3 Å². The summed E-state index contributed by atoms with van der Waals surface area (Å²) >= 11 is 0. The Morgan fingerprint density at radius 2 is 1.36 bits per heavy atom. The summed E-state index contributed by atoms with van der Waals surface area (Å²) in [6.45, 7) is 2.22. The Labute approximate surface area is 153 Å². The first-order chi connectivity index (χ1) is 12.1. The van der Waals surface area contributed by atoms with Crippen LogP contribution in [-0.2, 0) is 10.8 Å². The maximum absolute atomic E-state index is 12.5. The van der Waals surface area contributed by atoms with Gasteiger partial charge in [0.25, 0.3) is 0 Å². The average molecular weight is 361 g/mol. The average Bonchev–Trinajstić information content (AvgIpc) is 2.63. The molecule has 0 spiro atoms. The van der Waals surface area contributed by atoms with Gasteiger partial charge in [-0.25, -0.2) is 0 Å². The molecule has 0 bridgehead atoms. The molecule has 25 heavy (non-hydrogen) atoms. The third-order valence-electron chi connectivity index (χ3n) is 4.60. The molecule has 1 aromatic rings. The van der Waals surface area contributed by atoms with Crippen LogP contribution in [0.3, 0.4) is 0 Å². The lowest BCUT2D eigenvalue weighted by Gasteiger charge is -2.14. The summed E-state index contributed by atoms with van der Waals surface area (Å²) in [4.78, 5) is 24.7. The fraction of sp³-hybridized carbons (Fsp3) is 0.524. The second-order valence-electron chi connectivity index (χ2n) is 6.63. The molecule has 0 aliphatic heterocycles. The second-order valence-corrected chi connectivity index (χ2v) is 8.16. The van der Waals surface area contributed by atoms with E-state index in [9.17, 15) is 13.8 Å². The molecule has 1 aliphatic rings. The van der Waals surface area contributed by atoms with Crippen molar-refractivity contribution in [3.63, 3.8) is 0 Å². The summed E-state index contributed by atoms with van der Waals surface area (Å²) in [6.07, 6.45) is 12.0. The van der Waals surface area contributed by atoms with Gasteiger partial charge >= 0.3 is 0 Å². The number of unbranched alkanes of at least 4 members (excludes halogenated alkanes) is 8. The number of ketones is 2. The van der Waals surface area contributed by atoms with Gasteiger partial charge in [0, 0.05) is 23.0 Å². The summed E-state index contributed by atoms with van der Waals surface area (Å²) in [7, 11) is -1.39. The fourth-order valence-electron chi connectivity index (χ4n) is 3.11. The topological polar surface area (TPSA) is 51.2 Å². The first-order valence-corrected chi connectivity index (χ1v) is 10.7.